The molecule has 0 aliphatic heterocycles. The molecule has 0 aromatic carbocycles. The van der Waals surface area contributed by atoms with Crippen LogP contribution in [0, 0.1) is 0 Å². The number of hydrogen-bond acceptors (Lipinski definition) is 2. The van der Waals surface area contributed by atoms with Gasteiger partial charge in [0.15, 0.2) is 0 Å². The molecule has 78 valence electrons. The molecule has 0 aliphatic rings. The zero-order valence-corrected chi connectivity index (χ0v) is 8.68. The van der Waals surface area contributed by atoms with E-state index < -0.39 is 6.09 Å². The summed E-state index contributed by atoms with van der Waals surface area (Å²) in [5, 5.41) is 14.1. The molecule has 0 atom stereocenters. The van der Waals surface area contributed by atoms with E-state index in [1.165, 1.54) is 0 Å². The molecule has 0 bridgehead atoms. The summed E-state index contributed by atoms with van der Waals surface area (Å²) in [5.74, 6) is 0. The smallest absolute Gasteiger partial charge is 0.405 e. The lowest BCUT2D eigenvalue weighted by Gasteiger charge is -2.24. The van der Waals surface area contributed by atoms with Crippen molar-refractivity contribution >= 4 is 6.09 Å². The lowest BCUT2D eigenvalue weighted by atomic mass is 9.97. The predicted octanol–water partition coefficient (Wildman–Crippen LogP) is 1.42. The van der Waals surface area contributed by atoms with E-state index in [0.717, 1.165) is 25.8 Å². The molecular formula is C9H20N2O2. The molecule has 0 radical (unpaired) electrons. The van der Waals surface area contributed by atoms with Crippen molar-refractivity contribution in [3.63, 3.8) is 0 Å². The van der Waals surface area contributed by atoms with Crippen molar-refractivity contribution in [2.24, 2.45) is 0 Å². The van der Waals surface area contributed by atoms with Gasteiger partial charge in [-0.05, 0) is 46.7 Å². The normalized spacial score (nSPS) is 11.3. The Balaban J connectivity index is 3.56. The highest BCUT2D eigenvalue weighted by Gasteiger charge is 2.18. The van der Waals surface area contributed by atoms with Crippen LogP contribution in [0.2, 0.25) is 0 Å². The van der Waals surface area contributed by atoms with E-state index in [0.29, 0.717) is 0 Å². The average molecular weight is 188 g/mol. The molecule has 0 saturated carbocycles. The Hall–Kier alpha value is -0.770. The SMILES string of the molecule is CNCCCCC(C)(C)NC(=O)O. The van der Waals surface area contributed by atoms with Crippen LogP contribution in [0.4, 0.5) is 4.79 Å². The summed E-state index contributed by atoms with van der Waals surface area (Å²) in [4.78, 5) is 10.4. The molecule has 4 nitrogen and oxygen atoms in total. The number of rotatable bonds is 6. The number of nitrogens with one attached hydrogen (secondary N) is 2. The first-order valence-electron chi connectivity index (χ1n) is 4.63. The van der Waals surface area contributed by atoms with E-state index in [-0.39, 0.29) is 5.54 Å². The monoisotopic (exact) mass is 188 g/mol. The molecule has 0 unspecified atom stereocenters. The van der Waals surface area contributed by atoms with Crippen LogP contribution < -0.4 is 10.6 Å². The second kappa shape index (κ2) is 5.80. The van der Waals surface area contributed by atoms with E-state index in [4.69, 9.17) is 5.11 Å². The second-order valence-corrected chi connectivity index (χ2v) is 3.87. The van der Waals surface area contributed by atoms with Gasteiger partial charge in [0.05, 0.1) is 0 Å². The van der Waals surface area contributed by atoms with Gasteiger partial charge >= 0.3 is 6.09 Å². The molecule has 0 aromatic heterocycles. The van der Waals surface area contributed by atoms with E-state index in [2.05, 4.69) is 10.6 Å². The minimum atomic E-state index is -0.946. The fourth-order valence-corrected chi connectivity index (χ4v) is 1.22. The molecule has 13 heavy (non-hydrogen) atoms. The predicted molar refractivity (Wildman–Crippen MR) is 53.0 cm³/mol. The van der Waals surface area contributed by atoms with Crippen LogP contribution in [0.25, 0.3) is 0 Å². The summed E-state index contributed by atoms with van der Waals surface area (Å²) in [6.07, 6.45) is 2.05. The standard InChI is InChI=1S/C9H20N2O2/c1-9(2,11-8(12)13)6-4-5-7-10-3/h10-11H,4-7H2,1-3H3,(H,12,13). The summed E-state index contributed by atoms with van der Waals surface area (Å²) >= 11 is 0. The average Bonchev–Trinajstić information content (AvgIpc) is 1.95. The Morgan fingerprint density at radius 1 is 1.38 bits per heavy atom. The lowest BCUT2D eigenvalue weighted by molar-refractivity contribution is 0.180. The second-order valence-electron chi connectivity index (χ2n) is 3.87. The van der Waals surface area contributed by atoms with Crippen LogP contribution in [-0.4, -0.2) is 30.3 Å². The van der Waals surface area contributed by atoms with E-state index in [1.54, 1.807) is 0 Å². The lowest BCUT2D eigenvalue weighted by Crippen LogP contribution is -2.42. The van der Waals surface area contributed by atoms with Crippen molar-refractivity contribution in [1.29, 1.82) is 0 Å². The van der Waals surface area contributed by atoms with Gasteiger partial charge in [-0.3, -0.25) is 0 Å². The Morgan fingerprint density at radius 3 is 2.46 bits per heavy atom. The van der Waals surface area contributed by atoms with Crippen LogP contribution in [0.3, 0.4) is 0 Å². The molecule has 0 saturated heterocycles. The molecule has 4 heteroatoms. The van der Waals surface area contributed by atoms with Crippen molar-refractivity contribution in [2.45, 2.75) is 38.6 Å². The summed E-state index contributed by atoms with van der Waals surface area (Å²) < 4.78 is 0. The highest BCUT2D eigenvalue weighted by molar-refractivity contribution is 5.65. The third kappa shape index (κ3) is 7.59. The molecule has 0 fully saturated rings. The molecule has 0 rings (SSSR count). The maximum Gasteiger partial charge on any atom is 0.405 e. The first-order valence-corrected chi connectivity index (χ1v) is 4.63. The van der Waals surface area contributed by atoms with Gasteiger partial charge in [0.25, 0.3) is 0 Å². The first-order chi connectivity index (χ1) is 5.98. The minimum Gasteiger partial charge on any atom is -0.465 e. The quantitative estimate of drug-likeness (QED) is 0.552. The summed E-state index contributed by atoms with van der Waals surface area (Å²) in [6.45, 7) is 4.80. The highest BCUT2D eigenvalue weighted by Crippen LogP contribution is 2.12. The van der Waals surface area contributed by atoms with Crippen LogP contribution in [0.1, 0.15) is 33.1 Å². The number of amides is 1. The van der Waals surface area contributed by atoms with E-state index in [1.807, 2.05) is 20.9 Å². The zero-order valence-electron chi connectivity index (χ0n) is 8.68. The van der Waals surface area contributed by atoms with Gasteiger partial charge < -0.3 is 15.7 Å². The molecule has 0 spiro atoms. The van der Waals surface area contributed by atoms with Gasteiger partial charge in [0, 0.05) is 5.54 Å². The highest BCUT2D eigenvalue weighted by atomic mass is 16.4. The summed E-state index contributed by atoms with van der Waals surface area (Å²) in [7, 11) is 1.92. The third-order valence-electron chi connectivity index (χ3n) is 1.92. The van der Waals surface area contributed by atoms with Gasteiger partial charge in [-0.15, -0.1) is 0 Å². The maximum atomic E-state index is 10.4. The Labute approximate surface area is 79.7 Å². The van der Waals surface area contributed by atoms with Gasteiger partial charge in [-0.1, -0.05) is 0 Å². The van der Waals surface area contributed by atoms with Crippen molar-refractivity contribution in [3.8, 4) is 0 Å². The molecular weight excluding hydrogens is 168 g/mol. The van der Waals surface area contributed by atoms with Crippen molar-refractivity contribution in [2.75, 3.05) is 13.6 Å². The van der Waals surface area contributed by atoms with Crippen LogP contribution in [0.15, 0.2) is 0 Å². The number of carbonyl (C=O) groups is 1. The molecule has 3 N–H and O–H groups in total. The summed E-state index contributed by atoms with van der Waals surface area (Å²) in [6, 6.07) is 0. The first kappa shape index (κ1) is 12.2. The maximum absolute atomic E-state index is 10.4. The van der Waals surface area contributed by atoms with Crippen molar-refractivity contribution in [3.05, 3.63) is 0 Å². The van der Waals surface area contributed by atoms with Crippen LogP contribution in [0.5, 0.6) is 0 Å². The van der Waals surface area contributed by atoms with Crippen molar-refractivity contribution < 1.29 is 9.90 Å². The minimum absolute atomic E-state index is 0.306. The third-order valence-corrected chi connectivity index (χ3v) is 1.92. The number of unbranched alkanes of at least 4 members (excludes halogenated alkanes) is 1. The van der Waals surface area contributed by atoms with Crippen LogP contribution in [-0.2, 0) is 0 Å². The molecule has 0 aliphatic carbocycles. The fraction of sp³-hybridized carbons (Fsp3) is 0.889. The Kier molecular flexibility index (Phi) is 5.46. The molecule has 0 heterocycles. The zero-order chi connectivity index (χ0) is 10.3. The largest absolute Gasteiger partial charge is 0.465 e. The van der Waals surface area contributed by atoms with Gasteiger partial charge in [0.2, 0.25) is 0 Å². The number of carboxylic acid groups (broad SMARTS) is 1. The molecule has 0 aromatic rings. The van der Waals surface area contributed by atoms with Crippen LogP contribution >= 0.6 is 0 Å². The fourth-order valence-electron chi connectivity index (χ4n) is 1.22. The van der Waals surface area contributed by atoms with Gasteiger partial charge in [-0.2, -0.15) is 0 Å². The van der Waals surface area contributed by atoms with E-state index in [9.17, 15) is 4.79 Å². The topological polar surface area (TPSA) is 61.4 Å². The van der Waals surface area contributed by atoms with Gasteiger partial charge in [0.1, 0.15) is 0 Å². The Bertz CT molecular complexity index is 158. The van der Waals surface area contributed by atoms with E-state index >= 15 is 0 Å². The Morgan fingerprint density at radius 2 is 2.00 bits per heavy atom. The van der Waals surface area contributed by atoms with Gasteiger partial charge in [-0.25, -0.2) is 4.79 Å². The number of hydrogen-bond donors (Lipinski definition) is 3. The van der Waals surface area contributed by atoms with Crippen molar-refractivity contribution in [1.82, 2.24) is 10.6 Å². The molecule has 1 amide bonds. The summed E-state index contributed by atoms with van der Waals surface area (Å²) in [5.41, 5.74) is -0.306.